The fourth-order valence-corrected chi connectivity index (χ4v) is 2.56. The molecule has 1 aliphatic heterocycles. The number of nitrogens with zero attached hydrogens (tertiary/aromatic N) is 2. The molecule has 1 aromatic heterocycles. The van der Waals surface area contributed by atoms with E-state index in [9.17, 15) is 18.0 Å². The lowest BCUT2D eigenvalue weighted by Gasteiger charge is -2.35. The summed E-state index contributed by atoms with van der Waals surface area (Å²) < 4.78 is 39.1. The van der Waals surface area contributed by atoms with Crippen molar-refractivity contribution in [2.45, 2.75) is 12.5 Å². The molecule has 0 aliphatic carbocycles. The maximum absolute atomic E-state index is 13.1. The van der Waals surface area contributed by atoms with E-state index < -0.39 is 18.4 Å². The Morgan fingerprint density at radius 1 is 1.30 bits per heavy atom. The Hall–Kier alpha value is -2.35. The molecule has 1 amide bonds. The van der Waals surface area contributed by atoms with Gasteiger partial charge in [0.1, 0.15) is 17.6 Å². The number of nitrogens with one attached hydrogen (secondary N) is 2. The monoisotopic (exact) mass is 324 g/mol. The summed E-state index contributed by atoms with van der Waals surface area (Å²) in [4.78, 5) is 13.6. The van der Waals surface area contributed by atoms with Gasteiger partial charge in [-0.15, -0.1) is 0 Å². The van der Waals surface area contributed by atoms with Crippen LogP contribution in [0, 0.1) is 5.82 Å². The molecule has 2 aromatic rings. The number of alkyl halides is 2. The SMILES string of the molecule is O=C(c1cc(-c2ccc(F)cc2)n[nH]1)N1CCNCC1C(F)F. The van der Waals surface area contributed by atoms with Gasteiger partial charge in [0.15, 0.2) is 0 Å². The first-order valence-corrected chi connectivity index (χ1v) is 7.17. The highest BCUT2D eigenvalue weighted by atomic mass is 19.3. The molecule has 122 valence electrons. The molecule has 1 unspecified atom stereocenters. The lowest BCUT2D eigenvalue weighted by atomic mass is 10.1. The van der Waals surface area contributed by atoms with E-state index in [1.54, 1.807) is 0 Å². The van der Waals surface area contributed by atoms with Gasteiger partial charge < -0.3 is 10.2 Å². The summed E-state index contributed by atoms with van der Waals surface area (Å²) in [7, 11) is 0. The van der Waals surface area contributed by atoms with Gasteiger partial charge in [-0.05, 0) is 30.3 Å². The first kappa shape index (κ1) is 15.5. The molecule has 3 rings (SSSR count). The quantitative estimate of drug-likeness (QED) is 0.906. The van der Waals surface area contributed by atoms with Crippen molar-refractivity contribution in [2.24, 2.45) is 0 Å². The molecule has 1 fully saturated rings. The normalized spacial score (nSPS) is 18.4. The zero-order valence-electron chi connectivity index (χ0n) is 12.1. The van der Waals surface area contributed by atoms with Crippen LogP contribution in [-0.4, -0.2) is 53.1 Å². The van der Waals surface area contributed by atoms with Crippen LogP contribution < -0.4 is 5.32 Å². The van der Waals surface area contributed by atoms with Crippen molar-refractivity contribution in [1.29, 1.82) is 0 Å². The van der Waals surface area contributed by atoms with Crippen molar-refractivity contribution in [3.05, 3.63) is 41.8 Å². The van der Waals surface area contributed by atoms with Gasteiger partial charge in [0.25, 0.3) is 12.3 Å². The molecule has 0 radical (unpaired) electrons. The lowest BCUT2D eigenvalue weighted by Crippen LogP contribution is -2.56. The number of amides is 1. The Balaban J connectivity index is 1.81. The van der Waals surface area contributed by atoms with E-state index in [-0.39, 0.29) is 24.6 Å². The van der Waals surface area contributed by atoms with Gasteiger partial charge in [-0.2, -0.15) is 5.10 Å². The smallest absolute Gasteiger partial charge is 0.272 e. The van der Waals surface area contributed by atoms with Crippen LogP contribution in [0.5, 0.6) is 0 Å². The molecule has 1 aliphatic rings. The zero-order valence-corrected chi connectivity index (χ0v) is 12.1. The number of aromatic nitrogens is 2. The number of piperazine rings is 1. The van der Waals surface area contributed by atoms with Gasteiger partial charge in [0, 0.05) is 25.2 Å². The standard InChI is InChI=1S/C15H15F3N4O/c16-10-3-1-9(2-4-10)11-7-12(21-20-11)15(23)22-6-5-19-8-13(22)14(17)18/h1-4,7,13-14,19H,5-6,8H2,(H,20,21). The zero-order chi connectivity index (χ0) is 16.4. The maximum Gasteiger partial charge on any atom is 0.272 e. The predicted molar refractivity (Wildman–Crippen MR) is 77.7 cm³/mol. The summed E-state index contributed by atoms with van der Waals surface area (Å²) in [6.45, 7) is 0.731. The van der Waals surface area contributed by atoms with Gasteiger partial charge >= 0.3 is 0 Å². The van der Waals surface area contributed by atoms with Gasteiger partial charge in [0.2, 0.25) is 0 Å². The number of H-pyrrole nitrogens is 1. The molecule has 1 atom stereocenters. The molecule has 5 nitrogen and oxygen atoms in total. The largest absolute Gasteiger partial charge is 0.326 e. The Labute approximate surface area is 130 Å². The van der Waals surface area contributed by atoms with E-state index in [4.69, 9.17) is 0 Å². The number of benzene rings is 1. The average Bonchev–Trinajstić information content (AvgIpc) is 3.04. The number of carbonyl (C=O) groups is 1. The van der Waals surface area contributed by atoms with Gasteiger partial charge in [-0.1, -0.05) is 0 Å². The first-order chi connectivity index (χ1) is 11.1. The molecule has 23 heavy (non-hydrogen) atoms. The topological polar surface area (TPSA) is 61.0 Å². The van der Waals surface area contributed by atoms with Crippen LogP contribution in [0.1, 0.15) is 10.5 Å². The van der Waals surface area contributed by atoms with Crippen LogP contribution in [0.2, 0.25) is 0 Å². The third-order valence-corrected chi connectivity index (χ3v) is 3.78. The summed E-state index contributed by atoms with van der Waals surface area (Å²) in [5.41, 5.74) is 1.22. The van der Waals surface area contributed by atoms with E-state index >= 15 is 0 Å². The lowest BCUT2D eigenvalue weighted by molar-refractivity contribution is 0.0123. The van der Waals surface area contributed by atoms with Crippen LogP contribution in [0.3, 0.4) is 0 Å². The predicted octanol–water partition coefficient (Wildman–Crippen LogP) is 1.89. The highest BCUT2D eigenvalue weighted by Gasteiger charge is 2.34. The molecule has 2 heterocycles. The fraction of sp³-hybridized carbons (Fsp3) is 0.333. The van der Waals surface area contributed by atoms with E-state index in [1.165, 1.54) is 30.3 Å². The van der Waals surface area contributed by atoms with E-state index in [0.717, 1.165) is 4.90 Å². The van der Waals surface area contributed by atoms with Crippen LogP contribution in [0.15, 0.2) is 30.3 Å². The maximum atomic E-state index is 13.1. The summed E-state index contributed by atoms with van der Waals surface area (Å²) in [6, 6.07) is 5.97. The Morgan fingerprint density at radius 3 is 2.74 bits per heavy atom. The summed E-state index contributed by atoms with van der Waals surface area (Å²) in [5.74, 6) is -0.890. The Morgan fingerprint density at radius 2 is 2.04 bits per heavy atom. The molecule has 0 bridgehead atoms. The number of rotatable bonds is 3. The summed E-state index contributed by atoms with van der Waals surface area (Å²) in [5, 5.41) is 9.43. The van der Waals surface area contributed by atoms with Crippen molar-refractivity contribution in [2.75, 3.05) is 19.6 Å². The minimum Gasteiger partial charge on any atom is -0.326 e. The molecule has 8 heteroatoms. The third-order valence-electron chi connectivity index (χ3n) is 3.78. The van der Waals surface area contributed by atoms with Gasteiger partial charge in [-0.3, -0.25) is 9.89 Å². The molecule has 2 N–H and O–H groups in total. The van der Waals surface area contributed by atoms with Crippen LogP contribution in [0.25, 0.3) is 11.3 Å². The number of hydrogen-bond donors (Lipinski definition) is 2. The summed E-state index contributed by atoms with van der Waals surface area (Å²) >= 11 is 0. The number of carbonyl (C=O) groups excluding carboxylic acids is 1. The second-order valence-corrected chi connectivity index (χ2v) is 5.28. The van der Waals surface area contributed by atoms with Crippen molar-refractivity contribution >= 4 is 5.91 Å². The van der Waals surface area contributed by atoms with Crippen LogP contribution >= 0.6 is 0 Å². The van der Waals surface area contributed by atoms with Crippen molar-refractivity contribution < 1.29 is 18.0 Å². The molecule has 1 saturated heterocycles. The van der Waals surface area contributed by atoms with Gasteiger partial charge in [0.05, 0.1) is 5.69 Å². The minimum absolute atomic E-state index is 0.0579. The summed E-state index contributed by atoms with van der Waals surface area (Å²) in [6.07, 6.45) is -2.62. The highest BCUT2D eigenvalue weighted by Crippen LogP contribution is 2.20. The highest BCUT2D eigenvalue weighted by molar-refractivity contribution is 5.93. The van der Waals surface area contributed by atoms with Crippen LogP contribution in [-0.2, 0) is 0 Å². The Bertz CT molecular complexity index is 686. The second-order valence-electron chi connectivity index (χ2n) is 5.28. The Kier molecular flexibility index (Phi) is 4.33. The van der Waals surface area contributed by atoms with E-state index in [2.05, 4.69) is 15.5 Å². The second kappa shape index (κ2) is 6.41. The number of aromatic amines is 1. The number of hydrogen-bond acceptors (Lipinski definition) is 3. The van der Waals surface area contributed by atoms with Crippen molar-refractivity contribution in [1.82, 2.24) is 20.4 Å². The first-order valence-electron chi connectivity index (χ1n) is 7.17. The van der Waals surface area contributed by atoms with E-state index in [1.807, 2.05) is 0 Å². The van der Waals surface area contributed by atoms with Crippen LogP contribution in [0.4, 0.5) is 13.2 Å². The molecular formula is C15H15F3N4O. The molecule has 0 saturated carbocycles. The minimum atomic E-state index is -2.62. The third kappa shape index (κ3) is 3.21. The molecule has 1 aromatic carbocycles. The van der Waals surface area contributed by atoms with Crippen molar-refractivity contribution in [3.63, 3.8) is 0 Å². The molecule has 0 spiro atoms. The average molecular weight is 324 g/mol. The van der Waals surface area contributed by atoms with Crippen molar-refractivity contribution in [3.8, 4) is 11.3 Å². The number of halogens is 3. The fourth-order valence-electron chi connectivity index (χ4n) is 2.56. The molecular weight excluding hydrogens is 309 g/mol. The van der Waals surface area contributed by atoms with Gasteiger partial charge in [-0.25, -0.2) is 13.2 Å². The van der Waals surface area contributed by atoms with E-state index in [0.29, 0.717) is 17.8 Å².